The number of carbonyl (C=O) groups excluding carboxylic acids is 2. The molecular weight excluding hydrogens is 459 g/mol. The van der Waals surface area contributed by atoms with Gasteiger partial charge in [0.25, 0.3) is 0 Å². The van der Waals surface area contributed by atoms with Gasteiger partial charge in [0.2, 0.25) is 0 Å². The number of likely N-dealkylation sites (tertiary alicyclic amines) is 1. The van der Waals surface area contributed by atoms with Crippen LogP contribution in [0.3, 0.4) is 0 Å². The molecule has 3 rings (SSSR count). The maximum atomic E-state index is 12.9. The SMILES string of the molecule is O=C(CN1CCCC(C(=O)C2CCCCC2)C1)C1CCC(I)C(N([O-])O)C1. The molecule has 1 saturated heterocycles. The Morgan fingerprint density at radius 3 is 2.41 bits per heavy atom. The van der Waals surface area contributed by atoms with Crippen molar-refractivity contribution >= 4 is 34.2 Å². The lowest BCUT2D eigenvalue weighted by atomic mass is 9.79. The zero-order valence-electron chi connectivity index (χ0n) is 16.0. The molecule has 0 amide bonds. The van der Waals surface area contributed by atoms with Crippen LogP contribution in [0.25, 0.3) is 0 Å². The largest absolute Gasteiger partial charge is 0.762 e. The van der Waals surface area contributed by atoms with E-state index in [1.807, 2.05) is 0 Å². The molecule has 1 heterocycles. The third-order valence-corrected chi connectivity index (χ3v) is 8.22. The van der Waals surface area contributed by atoms with Crippen molar-refractivity contribution in [3.05, 3.63) is 5.21 Å². The molecule has 27 heavy (non-hydrogen) atoms. The maximum absolute atomic E-state index is 12.9. The van der Waals surface area contributed by atoms with Crippen LogP contribution in [0.4, 0.5) is 0 Å². The molecule has 0 aromatic carbocycles. The van der Waals surface area contributed by atoms with E-state index < -0.39 is 6.04 Å². The van der Waals surface area contributed by atoms with Crippen molar-refractivity contribution in [3.8, 4) is 0 Å². The zero-order valence-corrected chi connectivity index (χ0v) is 18.2. The highest BCUT2D eigenvalue weighted by Crippen LogP contribution is 2.33. The first-order valence-electron chi connectivity index (χ1n) is 10.5. The summed E-state index contributed by atoms with van der Waals surface area (Å²) in [5.41, 5.74) is 0. The molecule has 7 heteroatoms. The number of rotatable bonds is 6. The van der Waals surface area contributed by atoms with E-state index in [0.717, 1.165) is 45.1 Å². The smallest absolute Gasteiger partial charge is 0.149 e. The topological polar surface area (TPSA) is 83.9 Å². The minimum absolute atomic E-state index is 0.0380. The summed E-state index contributed by atoms with van der Waals surface area (Å²) < 4.78 is 0.0848. The van der Waals surface area contributed by atoms with Gasteiger partial charge in [0.15, 0.2) is 0 Å². The first kappa shape index (κ1) is 21.6. The lowest BCUT2D eigenvalue weighted by Gasteiger charge is -2.40. The zero-order chi connectivity index (χ0) is 19.4. The molecule has 4 atom stereocenters. The number of hydroxylamine groups is 2. The monoisotopic (exact) mass is 491 g/mol. The standard InChI is InChI=1S/C20H32IN2O4/c21-17-9-8-15(11-18(17)23(26)27)19(24)13-22-10-4-7-16(12-22)20(25)14-5-2-1-3-6-14/h14-18,26H,1-13H2/q-1. The van der Waals surface area contributed by atoms with Gasteiger partial charge in [-0.25, -0.2) is 0 Å². The van der Waals surface area contributed by atoms with Crippen LogP contribution in [0.5, 0.6) is 0 Å². The molecule has 154 valence electrons. The molecule has 3 aliphatic rings. The van der Waals surface area contributed by atoms with Crippen molar-refractivity contribution < 1.29 is 14.8 Å². The van der Waals surface area contributed by atoms with Gasteiger partial charge in [-0.05, 0) is 51.5 Å². The van der Waals surface area contributed by atoms with Crippen LogP contribution in [0.15, 0.2) is 0 Å². The van der Waals surface area contributed by atoms with Crippen molar-refractivity contribution in [2.24, 2.45) is 17.8 Å². The highest BCUT2D eigenvalue weighted by atomic mass is 127. The Bertz CT molecular complexity index is 524. The van der Waals surface area contributed by atoms with E-state index in [-0.39, 0.29) is 32.7 Å². The second-order valence-corrected chi connectivity index (χ2v) is 10.3. The molecule has 3 fully saturated rings. The first-order chi connectivity index (χ1) is 13.0. The van der Waals surface area contributed by atoms with E-state index in [1.54, 1.807) is 0 Å². The molecule has 6 nitrogen and oxygen atoms in total. The van der Waals surface area contributed by atoms with E-state index in [2.05, 4.69) is 27.5 Å². The third kappa shape index (κ3) is 5.72. The predicted molar refractivity (Wildman–Crippen MR) is 112 cm³/mol. The van der Waals surface area contributed by atoms with Crippen LogP contribution in [-0.4, -0.2) is 56.5 Å². The number of ketones is 2. The van der Waals surface area contributed by atoms with E-state index in [4.69, 9.17) is 0 Å². The summed E-state index contributed by atoms with van der Waals surface area (Å²) in [7, 11) is 0. The summed E-state index contributed by atoms with van der Waals surface area (Å²) >= 11 is 2.19. The van der Waals surface area contributed by atoms with E-state index >= 15 is 0 Å². The maximum Gasteiger partial charge on any atom is 0.149 e. The van der Waals surface area contributed by atoms with Crippen LogP contribution in [0, 0.1) is 23.0 Å². The molecule has 2 aliphatic carbocycles. The predicted octanol–water partition coefficient (Wildman–Crippen LogP) is 3.58. The second-order valence-electron chi connectivity index (χ2n) is 8.67. The highest BCUT2D eigenvalue weighted by Gasteiger charge is 2.35. The Hall–Kier alpha value is -0.0900. The van der Waals surface area contributed by atoms with Gasteiger partial charge < -0.3 is 10.4 Å². The summed E-state index contributed by atoms with van der Waals surface area (Å²) in [4.78, 5) is 27.8. The van der Waals surface area contributed by atoms with Gasteiger partial charge in [0.1, 0.15) is 11.6 Å². The Labute approximate surface area is 175 Å². The molecule has 0 aromatic heterocycles. The van der Waals surface area contributed by atoms with Crippen molar-refractivity contribution in [1.82, 2.24) is 10.1 Å². The minimum atomic E-state index is -0.490. The molecule has 0 radical (unpaired) electrons. The Kier molecular flexibility index (Phi) is 8.08. The van der Waals surface area contributed by atoms with Crippen LogP contribution >= 0.6 is 22.6 Å². The lowest BCUT2D eigenvalue weighted by molar-refractivity contribution is -0.133. The van der Waals surface area contributed by atoms with Gasteiger partial charge >= 0.3 is 0 Å². The highest BCUT2D eigenvalue weighted by molar-refractivity contribution is 14.1. The van der Waals surface area contributed by atoms with Gasteiger partial charge in [-0.1, -0.05) is 41.9 Å². The number of carbonyl (C=O) groups is 2. The average Bonchev–Trinajstić information content (AvgIpc) is 2.68. The summed E-state index contributed by atoms with van der Waals surface area (Å²) in [6.07, 6.45) is 9.63. The van der Waals surface area contributed by atoms with E-state index in [1.165, 1.54) is 19.3 Å². The molecule has 4 unspecified atom stereocenters. The minimum Gasteiger partial charge on any atom is -0.762 e. The van der Waals surface area contributed by atoms with Crippen LogP contribution in [0.1, 0.15) is 64.2 Å². The van der Waals surface area contributed by atoms with Gasteiger partial charge in [0, 0.05) is 34.3 Å². The van der Waals surface area contributed by atoms with Crippen molar-refractivity contribution in [2.75, 3.05) is 19.6 Å². The Morgan fingerprint density at radius 2 is 1.70 bits per heavy atom. The number of halogens is 1. The number of nitrogens with zero attached hydrogens (tertiary/aromatic N) is 2. The fourth-order valence-corrected chi connectivity index (χ4v) is 6.06. The number of hydrogen-bond donors (Lipinski definition) is 1. The number of Topliss-reactive ketones (excluding diaryl/α,β-unsaturated/α-hetero) is 2. The lowest BCUT2D eigenvalue weighted by Crippen LogP contribution is -2.46. The van der Waals surface area contributed by atoms with Gasteiger partial charge in [-0.2, -0.15) is 0 Å². The van der Waals surface area contributed by atoms with Crippen molar-refractivity contribution in [2.45, 2.75) is 74.2 Å². The molecule has 2 saturated carbocycles. The Morgan fingerprint density at radius 1 is 1.00 bits per heavy atom. The number of hydrogen-bond acceptors (Lipinski definition) is 6. The van der Waals surface area contributed by atoms with Gasteiger partial charge in [0.05, 0.1) is 6.54 Å². The van der Waals surface area contributed by atoms with Crippen LogP contribution in [-0.2, 0) is 9.59 Å². The summed E-state index contributed by atoms with van der Waals surface area (Å²) in [6, 6.07) is -0.490. The fourth-order valence-electron chi connectivity index (χ4n) is 5.13. The third-order valence-electron chi connectivity index (χ3n) is 6.77. The van der Waals surface area contributed by atoms with Crippen LogP contribution < -0.4 is 0 Å². The number of alkyl halides is 1. The average molecular weight is 491 g/mol. The molecule has 1 aliphatic heterocycles. The van der Waals surface area contributed by atoms with Gasteiger partial charge in [-0.15, -0.1) is 0 Å². The first-order valence-corrected chi connectivity index (χ1v) is 11.8. The van der Waals surface area contributed by atoms with Gasteiger partial charge in [-0.3, -0.25) is 19.7 Å². The van der Waals surface area contributed by atoms with Crippen molar-refractivity contribution in [3.63, 3.8) is 0 Å². The number of piperidine rings is 1. The molecule has 0 spiro atoms. The normalized spacial score (nSPS) is 33.9. The molecule has 1 N–H and O–H groups in total. The van der Waals surface area contributed by atoms with E-state index in [9.17, 15) is 20.0 Å². The molecular formula is C20H32IN2O4-. The molecule has 0 bridgehead atoms. The quantitative estimate of drug-likeness (QED) is 0.348. The summed E-state index contributed by atoms with van der Waals surface area (Å²) in [6.45, 7) is 1.96. The Balaban J connectivity index is 1.51. The summed E-state index contributed by atoms with van der Waals surface area (Å²) in [5.74, 6) is 0.767. The van der Waals surface area contributed by atoms with Crippen molar-refractivity contribution in [1.29, 1.82) is 0 Å². The fraction of sp³-hybridized carbons (Fsp3) is 0.900. The van der Waals surface area contributed by atoms with E-state index in [0.29, 0.717) is 25.3 Å². The molecule has 0 aromatic rings. The van der Waals surface area contributed by atoms with Crippen LogP contribution in [0.2, 0.25) is 0 Å². The second kappa shape index (κ2) is 10.1. The summed E-state index contributed by atoms with van der Waals surface area (Å²) in [5, 5.41) is 20.7.